The minimum Gasteiger partial charge on any atom is -0.0843 e. The zero-order valence-electron chi connectivity index (χ0n) is 20.6. The molecule has 4 aliphatic carbocycles. The van der Waals surface area contributed by atoms with Crippen molar-refractivity contribution in [2.45, 2.75) is 112 Å². The molecule has 0 radical (unpaired) electrons. The second-order valence-electron chi connectivity index (χ2n) is 12.8. The fourth-order valence-corrected chi connectivity index (χ4v) is 9.15. The Bertz CT molecular complexity index is 587. The molecule has 0 N–H and O–H groups in total. The van der Waals surface area contributed by atoms with Crippen LogP contribution < -0.4 is 0 Å². The van der Waals surface area contributed by atoms with Crippen molar-refractivity contribution in [2.75, 3.05) is 0 Å². The van der Waals surface area contributed by atoms with E-state index in [1.165, 1.54) is 64.2 Å². The minimum atomic E-state index is 0.503. The fourth-order valence-electron chi connectivity index (χ4n) is 9.15. The molecule has 0 heteroatoms. The van der Waals surface area contributed by atoms with Crippen molar-refractivity contribution < 1.29 is 0 Å². The van der Waals surface area contributed by atoms with Crippen molar-refractivity contribution in [2.24, 2.45) is 58.2 Å². The van der Waals surface area contributed by atoms with Gasteiger partial charge in [-0.25, -0.2) is 0 Å². The lowest BCUT2D eigenvalue weighted by Gasteiger charge is -2.60. The molecular weight excluding hydrogens is 348 g/mol. The van der Waals surface area contributed by atoms with Crippen molar-refractivity contribution in [1.29, 1.82) is 0 Å². The number of rotatable bonds is 6. The van der Waals surface area contributed by atoms with Crippen molar-refractivity contribution >= 4 is 0 Å². The molecule has 9 atom stereocenters. The molecule has 0 amide bonds. The molecule has 0 heterocycles. The highest BCUT2D eigenvalue weighted by Gasteiger charge is 2.58. The van der Waals surface area contributed by atoms with Gasteiger partial charge in [0.25, 0.3) is 0 Å². The van der Waals surface area contributed by atoms with Gasteiger partial charge in [0.15, 0.2) is 0 Å². The van der Waals surface area contributed by atoms with Gasteiger partial charge < -0.3 is 0 Å². The normalized spacial score (nSPS) is 46.1. The Labute approximate surface area is 182 Å². The van der Waals surface area contributed by atoms with Crippen LogP contribution in [0.15, 0.2) is 12.2 Å². The molecule has 4 aliphatic rings. The van der Waals surface area contributed by atoms with Gasteiger partial charge in [0.05, 0.1) is 0 Å². The SMILES string of the molecule is CC[C@H](CC[C@@H](C)[C@H]1C=C[C@@]2(C)[C@@H]1CC[C@H]1[C@@H]3CCCC[C@@]3(C)CC[C@@H]12)C(C)C. The molecule has 0 nitrogen and oxygen atoms in total. The van der Waals surface area contributed by atoms with E-state index in [2.05, 4.69) is 53.7 Å². The van der Waals surface area contributed by atoms with Crippen LogP contribution in [0, 0.1) is 58.2 Å². The van der Waals surface area contributed by atoms with Gasteiger partial charge in [-0.15, -0.1) is 0 Å². The third kappa shape index (κ3) is 3.78. The molecule has 4 rings (SSSR count). The Balaban J connectivity index is 1.45. The van der Waals surface area contributed by atoms with Crippen LogP contribution in [-0.2, 0) is 0 Å². The lowest BCUT2D eigenvalue weighted by atomic mass is 9.45. The van der Waals surface area contributed by atoms with E-state index in [4.69, 9.17) is 0 Å². The number of hydrogen-bond donors (Lipinski definition) is 0. The summed E-state index contributed by atoms with van der Waals surface area (Å²) >= 11 is 0. The van der Waals surface area contributed by atoms with Gasteiger partial charge in [0, 0.05) is 0 Å². The monoisotopic (exact) mass is 398 g/mol. The van der Waals surface area contributed by atoms with E-state index in [0.717, 1.165) is 47.3 Å². The number of hydrogen-bond acceptors (Lipinski definition) is 0. The standard InChI is InChI=1S/C29H50/c1-7-22(20(2)3)12-11-21(4)23-15-19-29(6)26(23)14-13-24-25-10-8-9-17-28(25,5)18-16-27(24)29/h15,19-27H,7-14,16-18H2,1-6H3/t21-,22-,23-,24+,25+,26-,27+,28+,29+/m1/s1. The Morgan fingerprint density at radius 2 is 1.66 bits per heavy atom. The first-order chi connectivity index (χ1) is 13.8. The van der Waals surface area contributed by atoms with Crippen LogP contribution in [0.25, 0.3) is 0 Å². The molecule has 0 bridgehead atoms. The predicted molar refractivity (Wildman–Crippen MR) is 127 cm³/mol. The van der Waals surface area contributed by atoms with Gasteiger partial charge in [-0.1, -0.05) is 73.0 Å². The molecule has 0 spiro atoms. The second kappa shape index (κ2) is 8.35. The summed E-state index contributed by atoms with van der Waals surface area (Å²) in [6.45, 7) is 15.2. The average molecular weight is 399 g/mol. The Kier molecular flexibility index (Phi) is 6.32. The van der Waals surface area contributed by atoms with Crippen molar-refractivity contribution in [3.8, 4) is 0 Å². The van der Waals surface area contributed by atoms with Crippen molar-refractivity contribution in [1.82, 2.24) is 0 Å². The fraction of sp³-hybridized carbons (Fsp3) is 0.931. The maximum Gasteiger partial charge on any atom is -0.00815 e. The zero-order valence-corrected chi connectivity index (χ0v) is 20.6. The van der Waals surface area contributed by atoms with Crippen LogP contribution in [0.5, 0.6) is 0 Å². The summed E-state index contributed by atoms with van der Waals surface area (Å²) in [5, 5.41) is 0. The van der Waals surface area contributed by atoms with E-state index in [1.54, 1.807) is 6.42 Å². The summed E-state index contributed by atoms with van der Waals surface area (Å²) in [6, 6.07) is 0. The van der Waals surface area contributed by atoms with E-state index in [9.17, 15) is 0 Å². The van der Waals surface area contributed by atoms with Crippen LogP contribution in [0.1, 0.15) is 112 Å². The third-order valence-electron chi connectivity index (χ3n) is 11.1. The quantitative estimate of drug-likeness (QED) is 0.392. The Morgan fingerprint density at radius 3 is 2.38 bits per heavy atom. The smallest absolute Gasteiger partial charge is 0.00815 e. The van der Waals surface area contributed by atoms with Gasteiger partial charge in [0.1, 0.15) is 0 Å². The second-order valence-corrected chi connectivity index (χ2v) is 12.8. The predicted octanol–water partition coefficient (Wildman–Crippen LogP) is 8.91. The van der Waals surface area contributed by atoms with Gasteiger partial charge >= 0.3 is 0 Å². The molecule has 3 fully saturated rings. The molecule has 166 valence electrons. The number of allylic oxidation sites excluding steroid dienone is 2. The Morgan fingerprint density at radius 1 is 0.862 bits per heavy atom. The van der Waals surface area contributed by atoms with E-state index in [-0.39, 0.29) is 0 Å². The summed E-state index contributed by atoms with van der Waals surface area (Å²) in [5.41, 5.74) is 1.19. The van der Waals surface area contributed by atoms with Crippen LogP contribution >= 0.6 is 0 Å². The highest BCUT2D eigenvalue weighted by atomic mass is 14.6. The topological polar surface area (TPSA) is 0 Å². The maximum atomic E-state index is 2.75. The first-order valence-electron chi connectivity index (χ1n) is 13.5. The van der Waals surface area contributed by atoms with Gasteiger partial charge in [0.2, 0.25) is 0 Å². The van der Waals surface area contributed by atoms with E-state index < -0.39 is 0 Å². The summed E-state index contributed by atoms with van der Waals surface area (Å²) in [6.07, 6.45) is 21.8. The lowest BCUT2D eigenvalue weighted by molar-refractivity contribution is -0.0976. The molecule has 29 heavy (non-hydrogen) atoms. The molecule has 3 saturated carbocycles. The third-order valence-corrected chi connectivity index (χ3v) is 11.1. The van der Waals surface area contributed by atoms with Gasteiger partial charge in [-0.3, -0.25) is 0 Å². The summed E-state index contributed by atoms with van der Waals surface area (Å²) in [5.74, 6) is 7.46. The molecule has 0 aliphatic heterocycles. The van der Waals surface area contributed by atoms with Crippen LogP contribution in [0.3, 0.4) is 0 Å². The Hall–Kier alpha value is -0.260. The summed E-state index contributed by atoms with van der Waals surface area (Å²) < 4.78 is 0. The largest absolute Gasteiger partial charge is 0.0843 e. The molecular formula is C29H50. The molecule has 0 saturated heterocycles. The highest BCUT2D eigenvalue weighted by molar-refractivity contribution is 5.20. The lowest BCUT2D eigenvalue weighted by Crippen LogP contribution is -2.52. The zero-order chi connectivity index (χ0) is 20.8. The first kappa shape index (κ1) is 22.0. The van der Waals surface area contributed by atoms with Crippen molar-refractivity contribution in [3.63, 3.8) is 0 Å². The average Bonchev–Trinajstić information content (AvgIpc) is 3.04. The van der Waals surface area contributed by atoms with Crippen LogP contribution in [0.2, 0.25) is 0 Å². The molecule has 0 aromatic rings. The number of fused-ring (bicyclic) bond motifs is 5. The van der Waals surface area contributed by atoms with Crippen molar-refractivity contribution in [3.05, 3.63) is 12.2 Å². The van der Waals surface area contributed by atoms with E-state index >= 15 is 0 Å². The maximum absolute atomic E-state index is 2.75. The van der Waals surface area contributed by atoms with E-state index in [1.807, 2.05) is 0 Å². The molecule has 0 aromatic heterocycles. The van der Waals surface area contributed by atoms with E-state index in [0.29, 0.717) is 10.8 Å². The summed E-state index contributed by atoms with van der Waals surface area (Å²) in [4.78, 5) is 0. The minimum absolute atomic E-state index is 0.503. The highest BCUT2D eigenvalue weighted by Crippen LogP contribution is 2.66. The molecule has 0 unspecified atom stereocenters. The first-order valence-corrected chi connectivity index (χ1v) is 13.5. The van der Waals surface area contributed by atoms with Crippen LogP contribution in [0.4, 0.5) is 0 Å². The summed E-state index contributed by atoms with van der Waals surface area (Å²) in [7, 11) is 0. The van der Waals surface area contributed by atoms with Gasteiger partial charge in [-0.2, -0.15) is 0 Å². The molecule has 0 aromatic carbocycles. The van der Waals surface area contributed by atoms with Crippen LogP contribution in [-0.4, -0.2) is 0 Å². The van der Waals surface area contributed by atoms with Gasteiger partial charge in [-0.05, 0) is 110 Å².